The standard InChI is InChI=1S/C20H14F4N4O2/c1-2-10-5-14(18(23)24)17(26-9-10)19(29)27-11-3-4-15(22)13(6-11)16-7-12(8-21)30-20(25)28-16/h1,3-7,9,16,18H,8H2,(H2,25,28)(H,27,29)/t16-/m0/s1. The van der Waals surface area contributed by atoms with Crippen molar-refractivity contribution in [3.8, 4) is 12.3 Å². The molecule has 2 heterocycles. The number of amides is 1. The molecule has 0 unspecified atom stereocenters. The predicted octanol–water partition coefficient (Wildman–Crippen LogP) is 3.63. The monoisotopic (exact) mass is 418 g/mol. The van der Waals surface area contributed by atoms with Crippen LogP contribution in [0.3, 0.4) is 0 Å². The zero-order chi connectivity index (χ0) is 21.8. The number of nitrogens with two attached hydrogens (primary N) is 1. The van der Waals surface area contributed by atoms with Gasteiger partial charge < -0.3 is 15.8 Å². The van der Waals surface area contributed by atoms with Crippen LogP contribution in [-0.2, 0) is 4.74 Å². The number of aliphatic imine (C=N–C) groups is 1. The summed E-state index contributed by atoms with van der Waals surface area (Å²) in [5.74, 6) is 0.386. The van der Waals surface area contributed by atoms with Crippen molar-refractivity contribution in [3.63, 3.8) is 0 Å². The van der Waals surface area contributed by atoms with Crippen molar-refractivity contribution in [2.45, 2.75) is 12.5 Å². The molecule has 0 radical (unpaired) electrons. The highest BCUT2D eigenvalue weighted by Gasteiger charge is 2.23. The number of anilines is 1. The maximum atomic E-state index is 14.3. The molecule has 0 aliphatic carbocycles. The van der Waals surface area contributed by atoms with E-state index in [9.17, 15) is 22.4 Å². The van der Waals surface area contributed by atoms with Crippen LogP contribution in [0.1, 0.15) is 39.6 Å². The molecule has 3 N–H and O–H groups in total. The molecule has 0 fully saturated rings. The van der Waals surface area contributed by atoms with Crippen LogP contribution in [0.2, 0.25) is 0 Å². The van der Waals surface area contributed by atoms with E-state index < -0.39 is 42.1 Å². The zero-order valence-electron chi connectivity index (χ0n) is 15.2. The summed E-state index contributed by atoms with van der Waals surface area (Å²) in [5.41, 5.74) is 4.45. The summed E-state index contributed by atoms with van der Waals surface area (Å²) in [5, 5.41) is 2.38. The summed E-state index contributed by atoms with van der Waals surface area (Å²) < 4.78 is 58.7. The van der Waals surface area contributed by atoms with Crippen molar-refractivity contribution in [1.82, 2.24) is 4.98 Å². The Balaban J connectivity index is 1.91. The number of alkyl halides is 3. The van der Waals surface area contributed by atoms with Crippen LogP contribution in [0.15, 0.2) is 47.3 Å². The second-order valence-electron chi connectivity index (χ2n) is 6.08. The fourth-order valence-electron chi connectivity index (χ4n) is 2.73. The smallest absolute Gasteiger partial charge is 0.288 e. The quantitative estimate of drug-likeness (QED) is 0.573. The third-order valence-electron chi connectivity index (χ3n) is 4.08. The number of halogens is 4. The predicted molar refractivity (Wildman–Crippen MR) is 101 cm³/mol. The number of nitrogens with one attached hydrogen (secondary N) is 1. The van der Waals surface area contributed by atoms with Gasteiger partial charge in [-0.05, 0) is 30.3 Å². The number of terminal acetylenes is 1. The Hall–Kier alpha value is -3.87. The molecule has 1 aliphatic rings. The lowest BCUT2D eigenvalue weighted by Gasteiger charge is -2.19. The number of amidine groups is 1. The Labute approximate surface area is 168 Å². The highest BCUT2D eigenvalue weighted by Crippen LogP contribution is 2.30. The van der Waals surface area contributed by atoms with Crippen LogP contribution < -0.4 is 11.1 Å². The molecule has 30 heavy (non-hydrogen) atoms. The molecule has 1 aromatic heterocycles. The molecule has 6 nitrogen and oxygen atoms in total. The Morgan fingerprint density at radius 3 is 2.80 bits per heavy atom. The van der Waals surface area contributed by atoms with Crippen molar-refractivity contribution in [1.29, 1.82) is 0 Å². The van der Waals surface area contributed by atoms with Crippen LogP contribution in [0, 0.1) is 18.2 Å². The Kier molecular flexibility index (Phi) is 6.01. The number of carbonyl (C=O) groups excluding carboxylic acids is 1. The minimum Gasteiger partial charge on any atom is -0.428 e. The number of hydrogen-bond donors (Lipinski definition) is 2. The average molecular weight is 418 g/mol. The fourth-order valence-corrected chi connectivity index (χ4v) is 2.73. The van der Waals surface area contributed by atoms with Crippen LogP contribution in [0.4, 0.5) is 23.2 Å². The third-order valence-corrected chi connectivity index (χ3v) is 4.08. The number of rotatable bonds is 5. The highest BCUT2D eigenvalue weighted by molar-refractivity contribution is 6.04. The minimum atomic E-state index is -2.99. The van der Waals surface area contributed by atoms with Crippen molar-refractivity contribution >= 4 is 17.6 Å². The summed E-state index contributed by atoms with van der Waals surface area (Å²) in [6.45, 7) is -0.972. The molecular weight excluding hydrogens is 404 g/mol. The third kappa shape index (κ3) is 4.41. The van der Waals surface area contributed by atoms with Crippen LogP contribution in [-0.4, -0.2) is 23.6 Å². The SMILES string of the molecule is C#Cc1cnc(C(=O)Nc2ccc(F)c([C@@H]3C=C(CF)OC(N)=N3)c2)c(C(F)F)c1. The molecule has 0 saturated carbocycles. The van der Waals surface area contributed by atoms with Crippen molar-refractivity contribution in [2.24, 2.45) is 10.7 Å². The number of allylic oxidation sites excluding steroid dienone is 1. The maximum absolute atomic E-state index is 14.3. The molecule has 1 atom stereocenters. The van der Waals surface area contributed by atoms with Crippen molar-refractivity contribution < 1.29 is 27.1 Å². The average Bonchev–Trinajstić information content (AvgIpc) is 2.73. The molecule has 10 heteroatoms. The molecule has 0 saturated heterocycles. The van der Waals surface area contributed by atoms with Gasteiger partial charge in [0.15, 0.2) is 0 Å². The van der Waals surface area contributed by atoms with E-state index >= 15 is 0 Å². The molecular formula is C20H14F4N4O2. The van der Waals surface area contributed by atoms with E-state index in [1.54, 1.807) is 0 Å². The second-order valence-corrected chi connectivity index (χ2v) is 6.08. The van der Waals surface area contributed by atoms with Gasteiger partial charge in [0, 0.05) is 23.0 Å². The van der Waals surface area contributed by atoms with Gasteiger partial charge in [-0.15, -0.1) is 6.42 Å². The van der Waals surface area contributed by atoms with E-state index in [0.717, 1.165) is 18.3 Å². The summed E-state index contributed by atoms with van der Waals surface area (Å²) in [7, 11) is 0. The topological polar surface area (TPSA) is 89.6 Å². The highest BCUT2D eigenvalue weighted by atomic mass is 19.3. The van der Waals surface area contributed by atoms with Gasteiger partial charge in [0.05, 0.1) is 5.56 Å². The minimum absolute atomic E-state index is 0.0327. The van der Waals surface area contributed by atoms with Gasteiger partial charge in [-0.25, -0.2) is 27.5 Å². The number of carbonyl (C=O) groups is 1. The first-order chi connectivity index (χ1) is 14.3. The van der Waals surface area contributed by atoms with Crippen molar-refractivity contribution in [3.05, 3.63) is 70.5 Å². The Morgan fingerprint density at radius 2 is 2.13 bits per heavy atom. The first-order valence-corrected chi connectivity index (χ1v) is 8.45. The number of pyridine rings is 1. The molecule has 1 amide bonds. The van der Waals surface area contributed by atoms with E-state index in [1.165, 1.54) is 18.2 Å². The lowest BCUT2D eigenvalue weighted by Crippen LogP contribution is -2.22. The van der Waals surface area contributed by atoms with E-state index in [0.29, 0.717) is 0 Å². The lowest BCUT2D eigenvalue weighted by atomic mass is 10.0. The van der Waals surface area contributed by atoms with Crippen LogP contribution in [0.25, 0.3) is 0 Å². The molecule has 2 aromatic rings. The molecule has 154 valence electrons. The van der Waals surface area contributed by atoms with Gasteiger partial charge in [-0.1, -0.05) is 5.92 Å². The van der Waals surface area contributed by atoms with E-state index in [4.69, 9.17) is 16.9 Å². The first kappa shape index (κ1) is 20.9. The maximum Gasteiger partial charge on any atom is 0.288 e. The van der Waals surface area contributed by atoms with Gasteiger partial charge in [0.25, 0.3) is 18.4 Å². The molecule has 0 bridgehead atoms. The number of benzene rings is 1. The summed E-state index contributed by atoms with van der Waals surface area (Å²) in [6.07, 6.45) is 4.53. The van der Waals surface area contributed by atoms with Crippen LogP contribution in [0.5, 0.6) is 0 Å². The molecule has 3 rings (SSSR count). The molecule has 0 spiro atoms. The van der Waals surface area contributed by atoms with Gasteiger partial charge >= 0.3 is 0 Å². The molecule has 1 aliphatic heterocycles. The van der Waals surface area contributed by atoms with E-state index in [-0.39, 0.29) is 28.6 Å². The Morgan fingerprint density at radius 1 is 1.37 bits per heavy atom. The normalized spacial score (nSPS) is 15.7. The van der Waals surface area contributed by atoms with Gasteiger partial charge in [-0.3, -0.25) is 4.79 Å². The lowest BCUT2D eigenvalue weighted by molar-refractivity contribution is 0.100. The van der Waals surface area contributed by atoms with Gasteiger partial charge in [0.1, 0.15) is 30.0 Å². The summed E-state index contributed by atoms with van der Waals surface area (Å²) >= 11 is 0. The number of hydrogen-bond acceptors (Lipinski definition) is 5. The number of nitrogens with zero attached hydrogens (tertiary/aromatic N) is 2. The number of ether oxygens (including phenoxy) is 1. The second kappa shape index (κ2) is 8.65. The number of aromatic nitrogens is 1. The van der Waals surface area contributed by atoms with Crippen LogP contribution >= 0.6 is 0 Å². The Bertz CT molecular complexity index is 1090. The first-order valence-electron chi connectivity index (χ1n) is 8.45. The van der Waals surface area contributed by atoms with E-state index in [1.807, 2.05) is 0 Å². The summed E-state index contributed by atoms with van der Waals surface area (Å²) in [4.78, 5) is 20.1. The molecule has 1 aromatic carbocycles. The van der Waals surface area contributed by atoms with E-state index in [2.05, 4.69) is 21.2 Å². The summed E-state index contributed by atoms with van der Waals surface area (Å²) in [6, 6.07) is 3.14. The zero-order valence-corrected chi connectivity index (χ0v) is 15.2. The largest absolute Gasteiger partial charge is 0.428 e. The van der Waals surface area contributed by atoms with Gasteiger partial charge in [0.2, 0.25) is 0 Å². The van der Waals surface area contributed by atoms with Crippen molar-refractivity contribution in [2.75, 3.05) is 12.0 Å². The van der Waals surface area contributed by atoms with Gasteiger partial charge in [-0.2, -0.15) is 0 Å². The fraction of sp³-hybridized carbons (Fsp3) is 0.150.